The van der Waals surface area contributed by atoms with Crippen LogP contribution in [0.2, 0.25) is 0 Å². The fourth-order valence-corrected chi connectivity index (χ4v) is 3.21. The molecule has 2 aromatic rings. The molecule has 230 valence electrons. The Morgan fingerprint density at radius 1 is 0.667 bits per heavy atom. The molecule has 2 aromatic carbocycles. The molecule has 2 aliphatic heterocycles. The van der Waals surface area contributed by atoms with Crippen LogP contribution in [0.3, 0.4) is 0 Å². The largest absolute Gasteiger partial charge is 0.522 e. The fraction of sp³-hybridized carbons (Fsp3) is 0.391. The van der Waals surface area contributed by atoms with E-state index in [1.54, 1.807) is 0 Å². The van der Waals surface area contributed by atoms with Crippen LogP contribution in [0.5, 0.6) is 0 Å². The maximum atomic E-state index is 10.7. The minimum Gasteiger partial charge on any atom is -0.478 e. The van der Waals surface area contributed by atoms with Gasteiger partial charge in [0.1, 0.15) is 30.7 Å². The van der Waals surface area contributed by atoms with Gasteiger partial charge in [-0.05, 0) is 25.0 Å². The molecule has 0 bridgehead atoms. The van der Waals surface area contributed by atoms with Gasteiger partial charge in [0, 0.05) is 19.5 Å². The summed E-state index contributed by atoms with van der Waals surface area (Å²) in [5, 5.41) is 0. The molecular formula is C23H24F6N2O8S2Zn. The molecule has 19 heteroatoms. The summed E-state index contributed by atoms with van der Waals surface area (Å²) < 4.78 is 127. The molecule has 0 aliphatic carbocycles. The summed E-state index contributed by atoms with van der Waals surface area (Å²) >= 11 is 0. The molecule has 0 saturated carbocycles. The van der Waals surface area contributed by atoms with E-state index in [9.17, 15) is 26.3 Å². The summed E-state index contributed by atoms with van der Waals surface area (Å²) in [6.07, 6.45) is 0. The molecule has 2 N–H and O–H groups in total. The maximum Gasteiger partial charge on any atom is 0.522 e. The normalized spacial score (nSPS) is 18.9. The predicted octanol–water partition coefficient (Wildman–Crippen LogP) is 5.14. The number of alkyl halides is 6. The summed E-state index contributed by atoms with van der Waals surface area (Å²) in [5.41, 5.74) is -9.19. The Bertz CT molecular complexity index is 1340. The number of hydrogen-bond acceptors (Lipinski definition) is 8. The molecule has 0 fully saturated rings. The van der Waals surface area contributed by atoms with Crippen LogP contribution in [0, 0.1) is 5.41 Å². The van der Waals surface area contributed by atoms with Crippen molar-refractivity contribution in [3.05, 3.63) is 71.8 Å². The quantitative estimate of drug-likeness (QED) is 0.193. The SMILES string of the molecule is CC(C)(C1=N[C@H](c2ccccc2)CO1)C1=N[C@H](c2ccccc2)CO1.O=S(=O)(O)C(F)(F)F.O=S(=O)(O)C(F)(F)F.[Zn]. The van der Waals surface area contributed by atoms with Crippen molar-refractivity contribution in [3.63, 3.8) is 0 Å². The molecule has 2 aliphatic rings. The number of ether oxygens (including phenoxy) is 2. The number of rotatable bonds is 4. The van der Waals surface area contributed by atoms with E-state index in [1.165, 1.54) is 11.1 Å². The summed E-state index contributed by atoms with van der Waals surface area (Å²) in [6.45, 7) is 5.26. The molecule has 4 rings (SSSR count). The Morgan fingerprint density at radius 2 is 0.929 bits per heavy atom. The number of hydrogen-bond donors (Lipinski definition) is 2. The molecule has 42 heavy (non-hydrogen) atoms. The van der Waals surface area contributed by atoms with Gasteiger partial charge in [-0.1, -0.05) is 60.7 Å². The summed E-state index contributed by atoms with van der Waals surface area (Å²) in [5.74, 6) is 1.41. The van der Waals surface area contributed by atoms with Crippen LogP contribution in [-0.4, -0.2) is 62.0 Å². The zero-order valence-electron chi connectivity index (χ0n) is 21.9. The van der Waals surface area contributed by atoms with Crippen molar-refractivity contribution < 1.29 is 81.2 Å². The molecule has 0 radical (unpaired) electrons. The third kappa shape index (κ3) is 10.3. The molecule has 0 unspecified atom stereocenters. The molecule has 0 amide bonds. The van der Waals surface area contributed by atoms with Gasteiger partial charge in [0.2, 0.25) is 0 Å². The van der Waals surface area contributed by atoms with Crippen molar-refractivity contribution in [2.24, 2.45) is 15.4 Å². The summed E-state index contributed by atoms with van der Waals surface area (Å²) in [7, 11) is -11.7. The van der Waals surface area contributed by atoms with E-state index in [4.69, 9.17) is 45.4 Å². The van der Waals surface area contributed by atoms with Gasteiger partial charge in [0.25, 0.3) is 0 Å². The first-order valence-corrected chi connectivity index (χ1v) is 14.1. The van der Waals surface area contributed by atoms with Crippen LogP contribution in [-0.2, 0) is 49.2 Å². The third-order valence-electron chi connectivity index (χ3n) is 5.33. The van der Waals surface area contributed by atoms with E-state index in [-0.39, 0.29) is 31.6 Å². The van der Waals surface area contributed by atoms with Gasteiger partial charge in [0.15, 0.2) is 11.8 Å². The first-order chi connectivity index (χ1) is 18.6. The van der Waals surface area contributed by atoms with Crippen molar-refractivity contribution in [3.8, 4) is 0 Å². The predicted molar refractivity (Wildman–Crippen MR) is 134 cm³/mol. The second-order valence-corrected chi connectivity index (χ2v) is 11.6. The third-order valence-corrected chi connectivity index (χ3v) is 6.49. The summed E-state index contributed by atoms with van der Waals surface area (Å²) in [6, 6.07) is 20.6. The zero-order valence-corrected chi connectivity index (χ0v) is 26.5. The van der Waals surface area contributed by atoms with Gasteiger partial charge < -0.3 is 9.47 Å². The smallest absolute Gasteiger partial charge is 0.478 e. The zero-order chi connectivity index (χ0) is 31.3. The van der Waals surface area contributed by atoms with E-state index in [1.807, 2.05) is 36.4 Å². The van der Waals surface area contributed by atoms with Crippen molar-refractivity contribution in [2.45, 2.75) is 36.9 Å². The van der Waals surface area contributed by atoms with Gasteiger partial charge in [-0.25, -0.2) is 9.98 Å². The fourth-order valence-electron chi connectivity index (χ4n) is 3.21. The first-order valence-electron chi connectivity index (χ1n) is 11.2. The van der Waals surface area contributed by atoms with E-state index in [0.29, 0.717) is 25.0 Å². The van der Waals surface area contributed by atoms with Gasteiger partial charge in [-0.3, -0.25) is 9.11 Å². The number of nitrogens with zero attached hydrogens (tertiary/aromatic N) is 2. The number of halogens is 6. The van der Waals surface area contributed by atoms with Crippen LogP contribution in [0.4, 0.5) is 26.3 Å². The summed E-state index contributed by atoms with van der Waals surface area (Å²) in [4.78, 5) is 9.61. The van der Waals surface area contributed by atoms with Crippen molar-refractivity contribution in [1.82, 2.24) is 0 Å². The monoisotopic (exact) mass is 698 g/mol. The second-order valence-electron chi connectivity index (χ2n) is 8.81. The topological polar surface area (TPSA) is 152 Å². The number of aliphatic imine (C=N–C) groups is 2. The van der Waals surface area contributed by atoms with Crippen LogP contribution >= 0.6 is 0 Å². The van der Waals surface area contributed by atoms with Crippen LogP contribution < -0.4 is 0 Å². The van der Waals surface area contributed by atoms with Crippen molar-refractivity contribution in [2.75, 3.05) is 13.2 Å². The van der Waals surface area contributed by atoms with E-state index in [2.05, 4.69) is 38.1 Å². The Labute approximate surface area is 250 Å². The van der Waals surface area contributed by atoms with Crippen molar-refractivity contribution >= 4 is 32.0 Å². The molecule has 0 aromatic heterocycles. The van der Waals surface area contributed by atoms with Gasteiger partial charge in [-0.15, -0.1) is 0 Å². The molecule has 2 atom stereocenters. The Morgan fingerprint density at radius 3 is 1.17 bits per heavy atom. The molecule has 10 nitrogen and oxygen atoms in total. The maximum absolute atomic E-state index is 10.7. The van der Waals surface area contributed by atoms with Gasteiger partial charge >= 0.3 is 31.3 Å². The van der Waals surface area contributed by atoms with E-state index < -0.39 is 36.7 Å². The minimum atomic E-state index is -5.84. The average molecular weight is 700 g/mol. The Hall–Kier alpha value is -2.60. The van der Waals surface area contributed by atoms with Crippen LogP contribution in [0.1, 0.15) is 37.1 Å². The van der Waals surface area contributed by atoms with Crippen LogP contribution in [0.15, 0.2) is 70.6 Å². The minimum absolute atomic E-state index is 0. The Balaban J connectivity index is 0.000000432. The first kappa shape index (κ1) is 37.4. The van der Waals surface area contributed by atoms with Gasteiger partial charge in [-0.2, -0.15) is 43.2 Å². The second kappa shape index (κ2) is 14.2. The molecule has 0 spiro atoms. The van der Waals surface area contributed by atoms with E-state index >= 15 is 0 Å². The van der Waals surface area contributed by atoms with E-state index in [0.717, 1.165) is 0 Å². The van der Waals surface area contributed by atoms with Gasteiger partial charge in [0.05, 0.1) is 0 Å². The van der Waals surface area contributed by atoms with Crippen molar-refractivity contribution in [1.29, 1.82) is 0 Å². The Kier molecular flexibility index (Phi) is 12.7. The van der Waals surface area contributed by atoms with Crippen LogP contribution in [0.25, 0.3) is 0 Å². The number of benzene rings is 2. The molecule has 0 saturated heterocycles. The molecular weight excluding hydrogens is 676 g/mol. The average Bonchev–Trinajstić information content (AvgIpc) is 3.55. The molecule has 2 heterocycles. The standard InChI is InChI=1S/C21H22N2O2.2CHF3O3S.Zn/c1-21(2,19-22-17(13-24-19)15-9-5-3-6-10-15)20-23-18(14-25-20)16-11-7-4-8-12-16;2*2-1(3,4)8(5,6)7;/h3-12,17-18H,13-14H2,1-2H3;2*(H,5,6,7);/t17-,18-;;;/m0.../s1.